The average molecular weight is 333 g/mol. The van der Waals surface area contributed by atoms with Gasteiger partial charge in [0.25, 0.3) is 15.9 Å². The Morgan fingerprint density at radius 2 is 1.91 bits per heavy atom. The molecule has 0 unspecified atom stereocenters. The molecule has 0 bridgehead atoms. The Kier molecular flexibility index (Phi) is 4.01. The van der Waals surface area contributed by atoms with Crippen molar-refractivity contribution in [1.29, 1.82) is 0 Å². The predicted octanol–water partition coefficient (Wildman–Crippen LogP) is 2.42. The van der Waals surface area contributed by atoms with Gasteiger partial charge in [-0.2, -0.15) is 0 Å². The Balaban J connectivity index is 1.76. The van der Waals surface area contributed by atoms with Crippen LogP contribution in [-0.2, 0) is 16.6 Å². The summed E-state index contributed by atoms with van der Waals surface area (Å²) in [7, 11) is -3.76. The summed E-state index contributed by atoms with van der Waals surface area (Å²) in [6.07, 6.45) is 0. The Bertz CT molecular complexity index is 928. The molecular weight excluding hydrogens is 318 g/mol. The molecule has 0 aliphatic carbocycles. The van der Waals surface area contributed by atoms with E-state index in [1.807, 2.05) is 31.2 Å². The minimum atomic E-state index is -3.76. The van der Waals surface area contributed by atoms with Crippen molar-refractivity contribution in [3.8, 4) is 11.7 Å². The fourth-order valence-electron chi connectivity index (χ4n) is 2.05. The van der Waals surface area contributed by atoms with Gasteiger partial charge in [-0.15, -0.1) is 10.2 Å². The standard InChI is InChI=1S/C15H15N3O4S/c1-10-4-3-5-12(8-10)9-16-23(19,20)14-7-6-13(22-14)15-18-17-11(2)21-15/h3-8,16H,9H2,1-2H3. The van der Waals surface area contributed by atoms with Crippen molar-refractivity contribution in [1.82, 2.24) is 14.9 Å². The second-order valence-corrected chi connectivity index (χ2v) is 6.76. The quantitative estimate of drug-likeness (QED) is 0.770. The van der Waals surface area contributed by atoms with Crippen molar-refractivity contribution in [2.45, 2.75) is 25.5 Å². The van der Waals surface area contributed by atoms with Crippen LogP contribution in [0.2, 0.25) is 0 Å². The summed E-state index contributed by atoms with van der Waals surface area (Å²) in [5.74, 6) is 0.725. The monoisotopic (exact) mass is 333 g/mol. The van der Waals surface area contributed by atoms with Gasteiger partial charge in [0, 0.05) is 13.5 Å². The molecule has 3 rings (SSSR count). The first-order valence-corrected chi connectivity index (χ1v) is 8.38. The number of sulfonamides is 1. The zero-order valence-corrected chi connectivity index (χ0v) is 13.4. The highest BCUT2D eigenvalue weighted by Crippen LogP contribution is 2.23. The number of aromatic nitrogens is 2. The van der Waals surface area contributed by atoms with Gasteiger partial charge in [0.1, 0.15) is 0 Å². The van der Waals surface area contributed by atoms with Crippen LogP contribution in [0, 0.1) is 13.8 Å². The topological polar surface area (TPSA) is 98.2 Å². The van der Waals surface area contributed by atoms with Gasteiger partial charge in [-0.3, -0.25) is 0 Å². The maximum Gasteiger partial charge on any atom is 0.283 e. The van der Waals surface area contributed by atoms with Crippen LogP contribution in [0.4, 0.5) is 0 Å². The molecule has 0 saturated heterocycles. The maximum atomic E-state index is 12.3. The summed E-state index contributed by atoms with van der Waals surface area (Å²) >= 11 is 0. The van der Waals surface area contributed by atoms with E-state index >= 15 is 0 Å². The highest BCUT2D eigenvalue weighted by atomic mass is 32.2. The Morgan fingerprint density at radius 1 is 1.09 bits per heavy atom. The van der Waals surface area contributed by atoms with Crippen LogP contribution in [0.1, 0.15) is 17.0 Å². The van der Waals surface area contributed by atoms with Crippen LogP contribution >= 0.6 is 0 Å². The van der Waals surface area contributed by atoms with Crippen LogP contribution < -0.4 is 4.72 Å². The van der Waals surface area contributed by atoms with E-state index in [9.17, 15) is 8.42 Å². The van der Waals surface area contributed by atoms with Crippen molar-refractivity contribution in [3.05, 3.63) is 53.4 Å². The van der Waals surface area contributed by atoms with Gasteiger partial charge in [-0.05, 0) is 24.6 Å². The molecule has 0 atom stereocenters. The van der Waals surface area contributed by atoms with Gasteiger partial charge >= 0.3 is 0 Å². The second-order valence-electron chi connectivity index (χ2n) is 5.06. The zero-order valence-electron chi connectivity index (χ0n) is 12.6. The molecule has 0 aliphatic rings. The molecule has 120 valence electrons. The fourth-order valence-corrected chi connectivity index (χ4v) is 2.99. The molecule has 0 saturated carbocycles. The number of benzene rings is 1. The number of furan rings is 1. The van der Waals surface area contributed by atoms with E-state index in [-0.39, 0.29) is 23.3 Å². The first-order valence-electron chi connectivity index (χ1n) is 6.89. The first-order chi connectivity index (χ1) is 10.9. The summed E-state index contributed by atoms with van der Waals surface area (Å²) in [4.78, 5) is 0. The van der Waals surface area contributed by atoms with Crippen LogP contribution in [-0.4, -0.2) is 18.6 Å². The van der Waals surface area contributed by atoms with Crippen LogP contribution in [0.5, 0.6) is 0 Å². The Morgan fingerprint density at radius 3 is 2.61 bits per heavy atom. The smallest absolute Gasteiger partial charge is 0.283 e. The van der Waals surface area contributed by atoms with E-state index in [0.717, 1.165) is 11.1 Å². The van der Waals surface area contributed by atoms with Crippen LogP contribution in [0.3, 0.4) is 0 Å². The van der Waals surface area contributed by atoms with E-state index < -0.39 is 10.0 Å². The summed E-state index contributed by atoms with van der Waals surface area (Å²) in [5.41, 5.74) is 1.93. The molecule has 2 aromatic heterocycles. The number of nitrogens with zero attached hydrogens (tertiary/aromatic N) is 2. The van der Waals surface area contributed by atoms with E-state index in [2.05, 4.69) is 14.9 Å². The van der Waals surface area contributed by atoms with E-state index in [0.29, 0.717) is 5.89 Å². The minimum Gasteiger partial charge on any atom is -0.438 e. The van der Waals surface area contributed by atoms with E-state index in [4.69, 9.17) is 8.83 Å². The van der Waals surface area contributed by atoms with Gasteiger partial charge in [0.15, 0.2) is 5.76 Å². The number of aryl methyl sites for hydroxylation is 2. The molecule has 0 radical (unpaired) electrons. The Hall–Kier alpha value is -2.45. The third-order valence-electron chi connectivity index (χ3n) is 3.13. The molecule has 23 heavy (non-hydrogen) atoms. The summed E-state index contributed by atoms with van der Waals surface area (Å²) < 4.78 is 37.6. The second kappa shape index (κ2) is 5.98. The molecule has 3 aromatic rings. The van der Waals surface area contributed by atoms with Gasteiger partial charge in [-0.25, -0.2) is 13.1 Å². The number of nitrogens with one attached hydrogen (secondary N) is 1. The van der Waals surface area contributed by atoms with Crippen molar-refractivity contribution in [2.75, 3.05) is 0 Å². The first kappa shape index (κ1) is 15.4. The molecular formula is C15H15N3O4S. The summed E-state index contributed by atoms with van der Waals surface area (Å²) in [5, 5.41) is 7.27. The van der Waals surface area contributed by atoms with Crippen molar-refractivity contribution in [2.24, 2.45) is 0 Å². The van der Waals surface area contributed by atoms with Gasteiger partial charge in [0.2, 0.25) is 11.0 Å². The van der Waals surface area contributed by atoms with Gasteiger partial charge in [0.05, 0.1) is 0 Å². The summed E-state index contributed by atoms with van der Waals surface area (Å²) in [6, 6.07) is 10.4. The average Bonchev–Trinajstić information content (AvgIpc) is 3.14. The maximum absolute atomic E-state index is 12.3. The number of rotatable bonds is 5. The molecule has 2 heterocycles. The largest absolute Gasteiger partial charge is 0.438 e. The molecule has 7 nitrogen and oxygen atoms in total. The lowest BCUT2D eigenvalue weighted by Gasteiger charge is -2.05. The van der Waals surface area contributed by atoms with Crippen molar-refractivity contribution >= 4 is 10.0 Å². The molecule has 0 amide bonds. The van der Waals surface area contributed by atoms with Gasteiger partial charge in [-0.1, -0.05) is 29.8 Å². The minimum absolute atomic E-state index is 0.141. The molecule has 8 heteroatoms. The fraction of sp³-hybridized carbons (Fsp3) is 0.200. The normalized spacial score (nSPS) is 11.7. The molecule has 0 aliphatic heterocycles. The van der Waals surface area contributed by atoms with E-state index in [1.165, 1.54) is 12.1 Å². The van der Waals surface area contributed by atoms with Gasteiger partial charge < -0.3 is 8.83 Å². The van der Waals surface area contributed by atoms with Crippen LogP contribution in [0.25, 0.3) is 11.7 Å². The highest BCUT2D eigenvalue weighted by Gasteiger charge is 2.20. The lowest BCUT2D eigenvalue weighted by Crippen LogP contribution is -2.22. The summed E-state index contributed by atoms with van der Waals surface area (Å²) in [6.45, 7) is 3.77. The lowest BCUT2D eigenvalue weighted by atomic mass is 10.1. The molecule has 1 N–H and O–H groups in total. The molecule has 0 fully saturated rings. The third-order valence-corrected chi connectivity index (χ3v) is 4.41. The highest BCUT2D eigenvalue weighted by molar-refractivity contribution is 7.89. The number of hydrogen-bond acceptors (Lipinski definition) is 6. The lowest BCUT2D eigenvalue weighted by molar-refractivity contribution is 0.435. The molecule has 1 aromatic carbocycles. The van der Waals surface area contributed by atoms with Crippen molar-refractivity contribution < 1.29 is 17.3 Å². The van der Waals surface area contributed by atoms with Crippen molar-refractivity contribution in [3.63, 3.8) is 0 Å². The Labute approximate surface area is 133 Å². The predicted molar refractivity (Wildman–Crippen MR) is 81.9 cm³/mol. The van der Waals surface area contributed by atoms with E-state index in [1.54, 1.807) is 6.92 Å². The molecule has 0 spiro atoms. The third kappa shape index (κ3) is 3.49. The zero-order chi connectivity index (χ0) is 16.4. The van der Waals surface area contributed by atoms with Crippen LogP contribution in [0.15, 0.2) is 50.3 Å². The number of hydrogen-bond donors (Lipinski definition) is 1. The SMILES string of the molecule is Cc1cccc(CNS(=O)(=O)c2ccc(-c3nnc(C)o3)o2)c1.